The van der Waals surface area contributed by atoms with Gasteiger partial charge in [-0.3, -0.25) is 9.59 Å². The van der Waals surface area contributed by atoms with Crippen LogP contribution >= 0.6 is 0 Å². The summed E-state index contributed by atoms with van der Waals surface area (Å²) in [6, 6.07) is 18.3. The maximum absolute atomic E-state index is 13.2. The molecule has 1 fully saturated rings. The summed E-state index contributed by atoms with van der Waals surface area (Å²) in [5.41, 5.74) is 2.31. The fourth-order valence-electron chi connectivity index (χ4n) is 4.23. The second-order valence-corrected chi connectivity index (χ2v) is 8.58. The number of hydrogen-bond acceptors (Lipinski definition) is 6. The highest BCUT2D eigenvalue weighted by Crippen LogP contribution is 2.28. The van der Waals surface area contributed by atoms with E-state index < -0.39 is 0 Å². The third-order valence-electron chi connectivity index (χ3n) is 6.26. The van der Waals surface area contributed by atoms with Crippen molar-refractivity contribution in [3.63, 3.8) is 0 Å². The van der Waals surface area contributed by atoms with Crippen LogP contribution in [0.5, 0.6) is 0 Å². The van der Waals surface area contributed by atoms with Gasteiger partial charge in [-0.1, -0.05) is 36.4 Å². The lowest BCUT2D eigenvalue weighted by atomic mass is 10.0. The molecule has 1 N–H and O–H groups in total. The van der Waals surface area contributed by atoms with Crippen LogP contribution in [0.15, 0.2) is 76.1 Å². The third kappa shape index (κ3) is 4.18. The molecule has 1 aliphatic heterocycles. The van der Waals surface area contributed by atoms with Crippen LogP contribution < -0.4 is 15.6 Å². The molecule has 0 atom stereocenters. The molecule has 0 bridgehead atoms. The van der Waals surface area contributed by atoms with E-state index in [1.54, 1.807) is 31.3 Å². The maximum Gasteiger partial charge on any atom is 0.259 e. The van der Waals surface area contributed by atoms with Gasteiger partial charge in [0.25, 0.3) is 5.91 Å². The first-order chi connectivity index (χ1) is 16.5. The van der Waals surface area contributed by atoms with Crippen molar-refractivity contribution in [1.82, 2.24) is 9.88 Å². The molecule has 0 spiro atoms. The highest BCUT2D eigenvalue weighted by atomic mass is 16.3. The number of para-hydroxylation sites is 1. The predicted octanol–water partition coefficient (Wildman–Crippen LogP) is 4.17. The molecular weight excluding hydrogens is 428 g/mol. The van der Waals surface area contributed by atoms with E-state index in [1.165, 1.54) is 0 Å². The number of hydrogen-bond donors (Lipinski definition) is 1. The average Bonchev–Trinajstić information content (AvgIpc) is 2.87. The molecule has 3 heterocycles. The molecule has 7 heteroatoms. The fraction of sp³-hybridized carbons (Fsp3) is 0.222. The second-order valence-electron chi connectivity index (χ2n) is 8.58. The van der Waals surface area contributed by atoms with Gasteiger partial charge in [0, 0.05) is 37.3 Å². The Bertz CT molecular complexity index is 1390. The van der Waals surface area contributed by atoms with Crippen molar-refractivity contribution in [2.75, 3.05) is 43.4 Å². The second kappa shape index (κ2) is 9.11. The SMILES string of the molecule is Cc1c(-c2ccccc2)oc2c(C(=O)Nc3ccc(N4CCN(C)CC4)nc3)cccc2c1=O. The minimum atomic E-state index is -0.356. The molecule has 34 heavy (non-hydrogen) atoms. The lowest BCUT2D eigenvalue weighted by Crippen LogP contribution is -2.44. The highest BCUT2D eigenvalue weighted by Gasteiger charge is 2.19. The van der Waals surface area contributed by atoms with E-state index >= 15 is 0 Å². The van der Waals surface area contributed by atoms with Gasteiger partial charge in [0.1, 0.15) is 11.6 Å². The van der Waals surface area contributed by atoms with E-state index in [9.17, 15) is 9.59 Å². The summed E-state index contributed by atoms with van der Waals surface area (Å²) in [5, 5.41) is 3.27. The van der Waals surface area contributed by atoms with Gasteiger partial charge in [-0.25, -0.2) is 4.98 Å². The first kappa shape index (κ1) is 21.9. The molecule has 2 aromatic heterocycles. The molecule has 4 aromatic rings. The number of nitrogens with one attached hydrogen (secondary N) is 1. The van der Waals surface area contributed by atoms with Crippen LogP contribution in [-0.4, -0.2) is 49.0 Å². The summed E-state index contributed by atoms with van der Waals surface area (Å²) in [5.74, 6) is 1.01. The van der Waals surface area contributed by atoms with Crippen LogP contribution in [0.3, 0.4) is 0 Å². The highest BCUT2D eigenvalue weighted by molar-refractivity contribution is 6.11. The predicted molar refractivity (Wildman–Crippen MR) is 135 cm³/mol. The van der Waals surface area contributed by atoms with Crippen molar-refractivity contribution in [2.45, 2.75) is 6.92 Å². The molecule has 1 saturated heterocycles. The van der Waals surface area contributed by atoms with E-state index in [0.29, 0.717) is 28.0 Å². The third-order valence-corrected chi connectivity index (χ3v) is 6.26. The Kier molecular flexibility index (Phi) is 5.86. The normalized spacial score (nSPS) is 14.4. The first-order valence-electron chi connectivity index (χ1n) is 11.3. The van der Waals surface area contributed by atoms with E-state index in [-0.39, 0.29) is 16.9 Å². The molecule has 0 unspecified atom stereocenters. The van der Waals surface area contributed by atoms with E-state index in [0.717, 1.165) is 37.6 Å². The van der Waals surface area contributed by atoms with Crippen LogP contribution in [0, 0.1) is 6.92 Å². The summed E-state index contributed by atoms with van der Waals surface area (Å²) >= 11 is 0. The molecule has 0 aliphatic carbocycles. The Morgan fingerprint density at radius 1 is 0.971 bits per heavy atom. The monoisotopic (exact) mass is 454 g/mol. The van der Waals surface area contributed by atoms with Crippen molar-refractivity contribution >= 4 is 28.4 Å². The maximum atomic E-state index is 13.2. The number of anilines is 2. The van der Waals surface area contributed by atoms with Gasteiger partial charge in [0.05, 0.1) is 22.8 Å². The van der Waals surface area contributed by atoms with Gasteiger partial charge in [-0.05, 0) is 38.2 Å². The number of aromatic nitrogens is 1. The quantitative estimate of drug-likeness (QED) is 0.499. The summed E-state index contributed by atoms with van der Waals surface area (Å²) in [6.07, 6.45) is 1.66. The summed E-state index contributed by atoms with van der Waals surface area (Å²) in [6.45, 7) is 5.59. The molecule has 0 saturated carbocycles. The first-order valence-corrected chi connectivity index (χ1v) is 11.3. The number of fused-ring (bicyclic) bond motifs is 1. The fourth-order valence-corrected chi connectivity index (χ4v) is 4.23. The number of carbonyl (C=O) groups is 1. The van der Waals surface area contributed by atoms with Gasteiger partial charge >= 0.3 is 0 Å². The Balaban J connectivity index is 1.44. The topological polar surface area (TPSA) is 78.7 Å². The molecule has 2 aromatic carbocycles. The number of nitrogens with zero attached hydrogens (tertiary/aromatic N) is 3. The van der Waals surface area contributed by atoms with Crippen molar-refractivity contribution < 1.29 is 9.21 Å². The molecule has 7 nitrogen and oxygen atoms in total. The average molecular weight is 455 g/mol. The van der Waals surface area contributed by atoms with E-state index in [2.05, 4.69) is 27.1 Å². The van der Waals surface area contributed by atoms with Gasteiger partial charge in [0.2, 0.25) is 0 Å². The van der Waals surface area contributed by atoms with Crippen LogP contribution in [0.2, 0.25) is 0 Å². The Labute approximate surface area is 197 Å². The van der Waals surface area contributed by atoms with Crippen molar-refractivity contribution in [1.29, 1.82) is 0 Å². The lowest BCUT2D eigenvalue weighted by Gasteiger charge is -2.33. The molecule has 1 aliphatic rings. The molecular formula is C27H26N4O3. The lowest BCUT2D eigenvalue weighted by molar-refractivity contribution is 0.102. The zero-order valence-electron chi connectivity index (χ0n) is 19.2. The van der Waals surface area contributed by atoms with Gasteiger partial charge in [-0.2, -0.15) is 0 Å². The summed E-state index contributed by atoms with van der Waals surface area (Å²) < 4.78 is 6.17. The van der Waals surface area contributed by atoms with Gasteiger partial charge in [-0.15, -0.1) is 0 Å². The number of piperazine rings is 1. The van der Waals surface area contributed by atoms with Gasteiger partial charge in [0.15, 0.2) is 11.0 Å². The zero-order valence-corrected chi connectivity index (χ0v) is 19.2. The minimum absolute atomic E-state index is 0.145. The Morgan fingerprint density at radius 3 is 2.44 bits per heavy atom. The Hall–Kier alpha value is -3.97. The van der Waals surface area contributed by atoms with Crippen LogP contribution in [0.1, 0.15) is 15.9 Å². The largest absolute Gasteiger partial charge is 0.455 e. The number of amides is 1. The molecule has 172 valence electrons. The standard InChI is InChI=1S/C27H26N4O3/c1-18-24(32)21-9-6-10-22(26(21)34-25(18)19-7-4-3-5-8-19)27(33)29-20-11-12-23(28-17-20)31-15-13-30(2)14-16-31/h3-12,17H,13-16H2,1-2H3,(H,29,33). The van der Waals surface area contributed by atoms with Crippen molar-refractivity contribution in [2.24, 2.45) is 0 Å². The molecule has 5 rings (SSSR count). The number of carbonyl (C=O) groups excluding carboxylic acids is 1. The number of pyridine rings is 1. The molecule has 0 radical (unpaired) electrons. The van der Waals surface area contributed by atoms with Crippen molar-refractivity contribution in [3.05, 3.63) is 88.2 Å². The van der Waals surface area contributed by atoms with Crippen molar-refractivity contribution in [3.8, 4) is 11.3 Å². The van der Waals surface area contributed by atoms with E-state index in [4.69, 9.17) is 4.42 Å². The summed E-state index contributed by atoms with van der Waals surface area (Å²) in [4.78, 5) is 35.3. The van der Waals surface area contributed by atoms with Crippen LogP contribution in [0.4, 0.5) is 11.5 Å². The number of benzene rings is 2. The van der Waals surface area contributed by atoms with Gasteiger partial charge < -0.3 is 19.5 Å². The van der Waals surface area contributed by atoms with Crippen LogP contribution in [-0.2, 0) is 0 Å². The number of likely N-dealkylation sites (N-methyl/N-ethyl adjacent to an activating group) is 1. The van der Waals surface area contributed by atoms with E-state index in [1.807, 2.05) is 42.5 Å². The zero-order chi connectivity index (χ0) is 23.7. The number of rotatable bonds is 4. The summed E-state index contributed by atoms with van der Waals surface area (Å²) in [7, 11) is 2.11. The van der Waals surface area contributed by atoms with Crippen LogP contribution in [0.25, 0.3) is 22.3 Å². The Morgan fingerprint density at radius 2 is 1.74 bits per heavy atom. The smallest absolute Gasteiger partial charge is 0.259 e. The minimum Gasteiger partial charge on any atom is -0.455 e. The molecule has 1 amide bonds.